The van der Waals surface area contributed by atoms with Crippen molar-refractivity contribution < 1.29 is 0 Å². The zero-order chi connectivity index (χ0) is 20.5. The highest BCUT2D eigenvalue weighted by molar-refractivity contribution is 5.79. The second-order valence-electron chi connectivity index (χ2n) is 7.56. The van der Waals surface area contributed by atoms with E-state index in [-0.39, 0.29) is 0 Å². The molecule has 0 amide bonds. The number of guanidine groups is 1. The van der Waals surface area contributed by atoms with Gasteiger partial charge in [-0.05, 0) is 35.7 Å². The van der Waals surface area contributed by atoms with Crippen molar-refractivity contribution in [1.82, 2.24) is 20.5 Å². The number of nitrogens with zero attached hydrogens (tertiary/aromatic N) is 4. The van der Waals surface area contributed by atoms with Crippen molar-refractivity contribution in [2.45, 2.75) is 26.3 Å². The summed E-state index contributed by atoms with van der Waals surface area (Å²) in [5.41, 5.74) is 2.55. The molecule has 1 aliphatic heterocycles. The third-order valence-electron chi connectivity index (χ3n) is 5.58. The van der Waals surface area contributed by atoms with Crippen molar-refractivity contribution in [1.29, 1.82) is 0 Å². The van der Waals surface area contributed by atoms with Gasteiger partial charge in [-0.3, -0.25) is 4.99 Å². The monoisotopic (exact) mass is 394 g/mol. The van der Waals surface area contributed by atoms with Gasteiger partial charge in [-0.1, -0.05) is 44.2 Å². The molecule has 2 N–H and O–H groups in total. The van der Waals surface area contributed by atoms with Crippen molar-refractivity contribution in [2.24, 2.45) is 4.99 Å². The van der Waals surface area contributed by atoms with Gasteiger partial charge in [0.25, 0.3) is 0 Å². The summed E-state index contributed by atoms with van der Waals surface area (Å²) >= 11 is 0. The van der Waals surface area contributed by atoms with Gasteiger partial charge in [0.15, 0.2) is 5.96 Å². The summed E-state index contributed by atoms with van der Waals surface area (Å²) in [4.78, 5) is 13.8. The van der Waals surface area contributed by atoms with Crippen LogP contribution < -0.4 is 15.5 Å². The van der Waals surface area contributed by atoms with Gasteiger partial charge >= 0.3 is 0 Å². The number of rotatable bonds is 7. The molecule has 2 heterocycles. The van der Waals surface area contributed by atoms with Crippen LogP contribution in [-0.4, -0.2) is 62.2 Å². The standard InChI is InChI=1S/C23H34N6/c1-4-28-12-14-29(15-13-28)22-16-20(10-11-25-22)18-27-23(24-3)26-17-19(2)21-8-6-5-7-9-21/h5-11,16,19H,4,12-15,17-18H2,1-3H3,(H2,24,26,27). The van der Waals surface area contributed by atoms with E-state index in [0.717, 1.165) is 57.6 Å². The minimum atomic E-state index is 0.420. The van der Waals surface area contributed by atoms with E-state index in [0.29, 0.717) is 5.92 Å². The van der Waals surface area contributed by atoms with Crippen LogP contribution in [0.15, 0.2) is 53.7 Å². The fourth-order valence-electron chi connectivity index (χ4n) is 3.59. The van der Waals surface area contributed by atoms with Gasteiger partial charge in [-0.2, -0.15) is 0 Å². The Hall–Kier alpha value is -2.60. The second-order valence-corrected chi connectivity index (χ2v) is 7.56. The van der Waals surface area contributed by atoms with Crippen LogP contribution >= 0.6 is 0 Å². The molecule has 3 rings (SSSR count). The number of hydrogen-bond donors (Lipinski definition) is 2. The third kappa shape index (κ3) is 6.19. The molecular formula is C23H34N6. The van der Waals surface area contributed by atoms with E-state index in [4.69, 9.17) is 0 Å². The number of nitrogens with one attached hydrogen (secondary N) is 2. The van der Waals surface area contributed by atoms with Gasteiger partial charge in [0.1, 0.15) is 5.82 Å². The summed E-state index contributed by atoms with van der Waals surface area (Å²) in [6.45, 7) is 11.4. The smallest absolute Gasteiger partial charge is 0.191 e. The largest absolute Gasteiger partial charge is 0.356 e. The number of anilines is 1. The summed E-state index contributed by atoms with van der Waals surface area (Å²) in [6.07, 6.45) is 1.91. The first-order chi connectivity index (χ1) is 14.2. The molecule has 6 heteroatoms. The van der Waals surface area contributed by atoms with Crippen molar-refractivity contribution in [3.8, 4) is 0 Å². The Morgan fingerprint density at radius 2 is 1.86 bits per heavy atom. The Morgan fingerprint density at radius 1 is 1.10 bits per heavy atom. The van der Waals surface area contributed by atoms with Crippen LogP contribution in [-0.2, 0) is 6.54 Å². The Morgan fingerprint density at radius 3 is 2.55 bits per heavy atom. The van der Waals surface area contributed by atoms with Crippen molar-refractivity contribution >= 4 is 11.8 Å². The van der Waals surface area contributed by atoms with Crippen LogP contribution in [0.3, 0.4) is 0 Å². The molecule has 0 aliphatic carbocycles. The Balaban J connectivity index is 1.49. The van der Waals surface area contributed by atoms with Gasteiger partial charge in [-0.25, -0.2) is 4.98 Å². The van der Waals surface area contributed by atoms with Crippen LogP contribution in [0, 0.1) is 0 Å². The molecule has 0 spiro atoms. The number of likely N-dealkylation sites (N-methyl/N-ethyl adjacent to an activating group) is 1. The fraction of sp³-hybridized carbons (Fsp3) is 0.478. The Kier molecular flexibility index (Phi) is 7.87. The lowest BCUT2D eigenvalue weighted by Gasteiger charge is -2.34. The highest BCUT2D eigenvalue weighted by Gasteiger charge is 2.16. The van der Waals surface area contributed by atoms with Gasteiger partial charge in [0.05, 0.1) is 0 Å². The Labute approximate surface area is 175 Å². The third-order valence-corrected chi connectivity index (χ3v) is 5.58. The van der Waals surface area contributed by atoms with Crippen molar-refractivity contribution in [3.05, 3.63) is 59.8 Å². The molecule has 1 aromatic carbocycles. The van der Waals surface area contributed by atoms with Crippen molar-refractivity contribution in [2.75, 3.05) is 51.2 Å². The molecule has 6 nitrogen and oxygen atoms in total. The summed E-state index contributed by atoms with van der Waals surface area (Å²) < 4.78 is 0. The maximum Gasteiger partial charge on any atom is 0.191 e. The van der Waals surface area contributed by atoms with Gasteiger partial charge in [0.2, 0.25) is 0 Å². The highest BCUT2D eigenvalue weighted by atomic mass is 15.3. The first-order valence-corrected chi connectivity index (χ1v) is 10.6. The lowest BCUT2D eigenvalue weighted by Crippen LogP contribution is -2.46. The van der Waals surface area contributed by atoms with E-state index in [2.05, 4.69) is 86.7 Å². The van der Waals surface area contributed by atoms with Crippen LogP contribution in [0.4, 0.5) is 5.82 Å². The minimum absolute atomic E-state index is 0.420. The van der Waals surface area contributed by atoms with E-state index < -0.39 is 0 Å². The molecule has 0 bridgehead atoms. The average molecular weight is 395 g/mol. The van der Waals surface area contributed by atoms with Crippen LogP contribution in [0.25, 0.3) is 0 Å². The molecule has 1 unspecified atom stereocenters. The van der Waals surface area contributed by atoms with Gasteiger partial charge in [0, 0.05) is 52.5 Å². The zero-order valence-corrected chi connectivity index (χ0v) is 17.9. The molecular weight excluding hydrogens is 360 g/mol. The number of aromatic nitrogens is 1. The molecule has 0 saturated carbocycles. The fourth-order valence-corrected chi connectivity index (χ4v) is 3.59. The molecule has 156 valence electrons. The first-order valence-electron chi connectivity index (χ1n) is 10.6. The SMILES string of the molecule is CCN1CCN(c2cc(CNC(=NC)NCC(C)c3ccccc3)ccn2)CC1. The van der Waals surface area contributed by atoms with E-state index in [1.807, 2.05) is 13.2 Å². The molecule has 1 aromatic heterocycles. The number of benzene rings is 1. The first kappa shape index (κ1) is 21.1. The Bertz CT molecular complexity index is 768. The summed E-state index contributed by atoms with van der Waals surface area (Å²) in [5.74, 6) is 2.31. The van der Waals surface area contributed by atoms with Crippen LogP contribution in [0.1, 0.15) is 30.9 Å². The predicted octanol–water partition coefficient (Wildman–Crippen LogP) is 2.69. The highest BCUT2D eigenvalue weighted by Crippen LogP contribution is 2.15. The zero-order valence-electron chi connectivity index (χ0n) is 17.9. The van der Waals surface area contributed by atoms with E-state index in [1.165, 1.54) is 11.1 Å². The molecule has 0 radical (unpaired) electrons. The number of aliphatic imine (C=N–C) groups is 1. The average Bonchev–Trinajstić information content (AvgIpc) is 2.80. The lowest BCUT2D eigenvalue weighted by atomic mass is 10.0. The lowest BCUT2D eigenvalue weighted by molar-refractivity contribution is 0.270. The van der Waals surface area contributed by atoms with Gasteiger partial charge < -0.3 is 20.4 Å². The quantitative estimate of drug-likeness (QED) is 0.559. The molecule has 1 saturated heterocycles. The molecule has 2 aromatic rings. The molecule has 1 aliphatic rings. The maximum atomic E-state index is 4.59. The second kappa shape index (κ2) is 10.8. The van der Waals surface area contributed by atoms with Crippen molar-refractivity contribution in [3.63, 3.8) is 0 Å². The molecule has 1 fully saturated rings. The van der Waals surface area contributed by atoms with Gasteiger partial charge in [-0.15, -0.1) is 0 Å². The van der Waals surface area contributed by atoms with E-state index >= 15 is 0 Å². The van der Waals surface area contributed by atoms with Crippen LogP contribution in [0.5, 0.6) is 0 Å². The minimum Gasteiger partial charge on any atom is -0.356 e. The summed E-state index contributed by atoms with van der Waals surface area (Å²) in [5, 5.41) is 6.86. The van der Waals surface area contributed by atoms with E-state index in [9.17, 15) is 0 Å². The number of hydrogen-bond acceptors (Lipinski definition) is 4. The van der Waals surface area contributed by atoms with Crippen LogP contribution in [0.2, 0.25) is 0 Å². The normalized spacial score (nSPS) is 16.5. The number of pyridine rings is 1. The summed E-state index contributed by atoms with van der Waals surface area (Å²) in [6, 6.07) is 14.8. The maximum absolute atomic E-state index is 4.59. The summed E-state index contributed by atoms with van der Waals surface area (Å²) in [7, 11) is 1.81. The molecule has 29 heavy (non-hydrogen) atoms. The van der Waals surface area contributed by atoms with E-state index in [1.54, 1.807) is 0 Å². The number of piperazine rings is 1. The molecule has 1 atom stereocenters. The topological polar surface area (TPSA) is 55.8 Å². The predicted molar refractivity (Wildman–Crippen MR) is 122 cm³/mol.